The van der Waals surface area contributed by atoms with Gasteiger partial charge in [0.1, 0.15) is 5.02 Å². The molecule has 0 radical (unpaired) electrons. The fourth-order valence-electron chi connectivity index (χ4n) is 1.36. The highest BCUT2D eigenvalue weighted by molar-refractivity contribution is 6.32. The summed E-state index contributed by atoms with van der Waals surface area (Å²) in [5.41, 5.74) is 0.566. The molecule has 19 heavy (non-hydrogen) atoms. The van der Waals surface area contributed by atoms with Crippen LogP contribution in [0.4, 0.5) is 5.69 Å². The van der Waals surface area contributed by atoms with Crippen molar-refractivity contribution in [1.29, 1.82) is 0 Å². The summed E-state index contributed by atoms with van der Waals surface area (Å²) in [5, 5.41) is 11.0. The number of nitrogens with zero attached hydrogens (tertiary/aromatic N) is 3. The second-order valence-corrected chi connectivity index (χ2v) is 4.37. The van der Waals surface area contributed by atoms with E-state index >= 15 is 0 Å². The van der Waals surface area contributed by atoms with Crippen LogP contribution in [0.2, 0.25) is 10.3 Å². The lowest BCUT2D eigenvalue weighted by molar-refractivity contribution is -0.385. The SMILES string of the molecule is Cc1ccc(Oc2nc(Cl)ncc2Cl)c([N+](=O)[O-])c1. The highest BCUT2D eigenvalue weighted by Crippen LogP contribution is 2.34. The maximum Gasteiger partial charge on any atom is 0.311 e. The standard InChI is InChI=1S/C11H7Cl2N3O3/c1-6-2-3-9(8(4-6)16(17)18)19-10-7(12)5-14-11(13)15-10/h2-5H,1H3. The molecule has 1 aromatic carbocycles. The summed E-state index contributed by atoms with van der Waals surface area (Å²) >= 11 is 11.4. The Balaban J connectivity index is 2.43. The Morgan fingerprint density at radius 3 is 2.79 bits per heavy atom. The lowest BCUT2D eigenvalue weighted by atomic mass is 10.2. The van der Waals surface area contributed by atoms with Crippen molar-refractivity contribution in [2.24, 2.45) is 0 Å². The maximum atomic E-state index is 10.9. The first-order chi connectivity index (χ1) is 8.97. The Morgan fingerprint density at radius 2 is 2.11 bits per heavy atom. The molecule has 0 saturated carbocycles. The van der Waals surface area contributed by atoms with E-state index in [9.17, 15) is 10.1 Å². The molecule has 0 atom stereocenters. The lowest BCUT2D eigenvalue weighted by Crippen LogP contribution is -1.96. The number of aromatic nitrogens is 2. The van der Waals surface area contributed by atoms with Crippen LogP contribution in [0.1, 0.15) is 5.56 Å². The van der Waals surface area contributed by atoms with Gasteiger partial charge in [-0.2, -0.15) is 4.98 Å². The van der Waals surface area contributed by atoms with E-state index in [4.69, 9.17) is 27.9 Å². The van der Waals surface area contributed by atoms with E-state index in [1.54, 1.807) is 13.0 Å². The van der Waals surface area contributed by atoms with Crippen LogP contribution in [-0.2, 0) is 0 Å². The second kappa shape index (κ2) is 5.38. The number of rotatable bonds is 3. The number of hydrogen-bond acceptors (Lipinski definition) is 5. The van der Waals surface area contributed by atoms with E-state index in [0.29, 0.717) is 0 Å². The Kier molecular flexibility index (Phi) is 3.82. The third kappa shape index (κ3) is 3.10. The second-order valence-electron chi connectivity index (χ2n) is 3.62. The normalized spacial score (nSPS) is 10.3. The number of aryl methyl sites for hydroxylation is 1. The molecular weight excluding hydrogens is 293 g/mol. The monoisotopic (exact) mass is 299 g/mol. The molecule has 0 saturated heterocycles. The predicted molar refractivity (Wildman–Crippen MR) is 70.0 cm³/mol. The zero-order valence-electron chi connectivity index (χ0n) is 9.63. The van der Waals surface area contributed by atoms with Crippen molar-refractivity contribution in [2.45, 2.75) is 6.92 Å². The minimum Gasteiger partial charge on any atom is -0.430 e. The molecule has 0 bridgehead atoms. The zero-order valence-corrected chi connectivity index (χ0v) is 11.1. The van der Waals surface area contributed by atoms with Gasteiger partial charge in [0.05, 0.1) is 11.1 Å². The number of nitro benzene ring substituents is 1. The van der Waals surface area contributed by atoms with Crippen molar-refractivity contribution >= 4 is 28.9 Å². The number of halogens is 2. The Hall–Kier alpha value is -1.92. The highest BCUT2D eigenvalue weighted by atomic mass is 35.5. The van der Waals surface area contributed by atoms with Gasteiger partial charge in [0.25, 0.3) is 0 Å². The number of benzene rings is 1. The molecule has 0 fully saturated rings. The summed E-state index contributed by atoms with van der Waals surface area (Å²) < 4.78 is 5.33. The first kappa shape index (κ1) is 13.5. The van der Waals surface area contributed by atoms with Gasteiger partial charge in [-0.15, -0.1) is 0 Å². The maximum absolute atomic E-state index is 10.9. The number of hydrogen-bond donors (Lipinski definition) is 0. The summed E-state index contributed by atoms with van der Waals surface area (Å²) in [6.45, 7) is 1.74. The predicted octanol–water partition coefficient (Wildman–Crippen LogP) is 3.79. The molecule has 2 rings (SSSR count). The molecule has 0 N–H and O–H groups in total. The van der Waals surface area contributed by atoms with Crippen LogP contribution in [0.3, 0.4) is 0 Å². The van der Waals surface area contributed by atoms with Crippen molar-refractivity contribution < 1.29 is 9.66 Å². The van der Waals surface area contributed by atoms with Crippen LogP contribution in [0.5, 0.6) is 11.6 Å². The van der Waals surface area contributed by atoms with Gasteiger partial charge in [-0.25, -0.2) is 4.98 Å². The van der Waals surface area contributed by atoms with Gasteiger partial charge in [-0.1, -0.05) is 17.7 Å². The highest BCUT2D eigenvalue weighted by Gasteiger charge is 2.18. The van der Waals surface area contributed by atoms with E-state index in [0.717, 1.165) is 5.56 Å². The van der Waals surface area contributed by atoms with E-state index < -0.39 is 4.92 Å². The Bertz CT molecular complexity index is 649. The Morgan fingerprint density at radius 1 is 1.37 bits per heavy atom. The van der Waals surface area contributed by atoms with Crippen LogP contribution in [-0.4, -0.2) is 14.9 Å². The molecule has 98 valence electrons. The van der Waals surface area contributed by atoms with Gasteiger partial charge in [-0.3, -0.25) is 10.1 Å². The summed E-state index contributed by atoms with van der Waals surface area (Å²) in [6.07, 6.45) is 1.26. The van der Waals surface area contributed by atoms with Gasteiger partial charge in [0.15, 0.2) is 0 Å². The molecule has 1 heterocycles. The third-order valence-corrected chi connectivity index (χ3v) is 2.64. The van der Waals surface area contributed by atoms with Crippen LogP contribution < -0.4 is 4.74 Å². The molecule has 0 aliphatic rings. The molecule has 0 spiro atoms. The van der Waals surface area contributed by atoms with E-state index in [1.165, 1.54) is 18.3 Å². The summed E-state index contributed by atoms with van der Waals surface area (Å²) in [4.78, 5) is 17.8. The summed E-state index contributed by atoms with van der Waals surface area (Å²) in [5.74, 6) is 0.000821. The van der Waals surface area contributed by atoms with Gasteiger partial charge in [0.2, 0.25) is 16.9 Å². The Labute approximate surface area is 118 Å². The molecule has 0 aliphatic heterocycles. The first-order valence-electron chi connectivity index (χ1n) is 5.08. The molecular formula is C11H7Cl2N3O3. The molecule has 6 nitrogen and oxygen atoms in total. The van der Waals surface area contributed by atoms with Gasteiger partial charge in [0, 0.05) is 6.07 Å². The minimum atomic E-state index is -0.543. The van der Waals surface area contributed by atoms with Crippen LogP contribution in [0.25, 0.3) is 0 Å². The van der Waals surface area contributed by atoms with Crippen molar-refractivity contribution in [1.82, 2.24) is 9.97 Å². The zero-order chi connectivity index (χ0) is 14.0. The van der Waals surface area contributed by atoms with Crippen molar-refractivity contribution in [3.63, 3.8) is 0 Å². The average molecular weight is 300 g/mol. The molecule has 0 aliphatic carbocycles. The number of ether oxygens (including phenoxy) is 1. The van der Waals surface area contributed by atoms with Crippen molar-refractivity contribution in [3.05, 3.63) is 50.4 Å². The van der Waals surface area contributed by atoms with E-state index in [1.807, 2.05) is 0 Å². The van der Waals surface area contributed by atoms with Crippen LogP contribution >= 0.6 is 23.2 Å². The molecule has 1 aromatic heterocycles. The number of nitro groups is 1. The topological polar surface area (TPSA) is 78.2 Å². The molecule has 8 heteroatoms. The molecule has 0 unspecified atom stereocenters. The smallest absolute Gasteiger partial charge is 0.311 e. The fourth-order valence-corrected chi connectivity index (χ4v) is 1.62. The fraction of sp³-hybridized carbons (Fsp3) is 0.0909. The van der Waals surface area contributed by atoms with Crippen LogP contribution in [0.15, 0.2) is 24.4 Å². The van der Waals surface area contributed by atoms with Crippen molar-refractivity contribution in [3.8, 4) is 11.6 Å². The average Bonchev–Trinajstić information content (AvgIpc) is 2.35. The third-order valence-electron chi connectivity index (χ3n) is 2.20. The first-order valence-corrected chi connectivity index (χ1v) is 5.84. The largest absolute Gasteiger partial charge is 0.430 e. The van der Waals surface area contributed by atoms with Gasteiger partial charge in [-0.05, 0) is 30.2 Å². The van der Waals surface area contributed by atoms with E-state index in [-0.39, 0.29) is 27.6 Å². The lowest BCUT2D eigenvalue weighted by Gasteiger charge is -2.07. The molecule has 0 amide bonds. The minimum absolute atomic E-state index is 0.0337. The van der Waals surface area contributed by atoms with Crippen molar-refractivity contribution in [2.75, 3.05) is 0 Å². The quantitative estimate of drug-likeness (QED) is 0.489. The van der Waals surface area contributed by atoms with Gasteiger partial charge < -0.3 is 4.74 Å². The molecule has 2 aromatic rings. The summed E-state index contributed by atoms with van der Waals surface area (Å²) in [7, 11) is 0. The van der Waals surface area contributed by atoms with Crippen LogP contribution in [0, 0.1) is 17.0 Å². The summed E-state index contributed by atoms with van der Waals surface area (Å²) in [6, 6.07) is 4.55. The van der Waals surface area contributed by atoms with E-state index in [2.05, 4.69) is 9.97 Å². The van der Waals surface area contributed by atoms with Gasteiger partial charge >= 0.3 is 5.69 Å².